The van der Waals surface area contributed by atoms with Crippen molar-refractivity contribution in [1.82, 2.24) is 0 Å². The van der Waals surface area contributed by atoms with Gasteiger partial charge in [-0.25, -0.2) is 17.6 Å². The SMILES string of the molecule is Cc1ccc(CCc2ccc(C#Cc3ccc4c(F)c(F)c(F)cc4c3)cc2)c(F)c1. The normalized spacial score (nSPS) is 10.7. The van der Waals surface area contributed by atoms with Crippen LogP contribution in [-0.4, -0.2) is 0 Å². The van der Waals surface area contributed by atoms with Gasteiger partial charge in [-0.15, -0.1) is 0 Å². The fraction of sp³-hybridized carbons (Fsp3) is 0.111. The van der Waals surface area contributed by atoms with Crippen molar-refractivity contribution in [3.63, 3.8) is 0 Å². The lowest BCUT2D eigenvalue weighted by molar-refractivity contribution is 0.453. The molecular formula is C27H18F4. The lowest BCUT2D eigenvalue weighted by atomic mass is 10.0. The Bertz CT molecular complexity index is 1330. The number of benzene rings is 4. The molecule has 0 saturated carbocycles. The first kappa shape index (κ1) is 20.7. The zero-order valence-electron chi connectivity index (χ0n) is 16.8. The molecule has 0 saturated heterocycles. The molecule has 4 aromatic carbocycles. The van der Waals surface area contributed by atoms with Crippen molar-refractivity contribution in [1.29, 1.82) is 0 Å². The van der Waals surface area contributed by atoms with E-state index in [-0.39, 0.29) is 16.6 Å². The molecule has 0 aliphatic carbocycles. The van der Waals surface area contributed by atoms with E-state index >= 15 is 0 Å². The largest absolute Gasteiger partial charge is 0.207 e. The molecular weight excluding hydrogens is 400 g/mol. The van der Waals surface area contributed by atoms with Crippen LogP contribution in [0, 0.1) is 42.0 Å². The predicted molar refractivity (Wildman–Crippen MR) is 115 cm³/mol. The molecule has 0 unspecified atom stereocenters. The Labute approximate surface area is 178 Å². The fourth-order valence-corrected chi connectivity index (χ4v) is 3.42. The summed E-state index contributed by atoms with van der Waals surface area (Å²) in [5.74, 6) is 1.89. The molecule has 0 aliphatic heterocycles. The number of halogens is 4. The van der Waals surface area contributed by atoms with E-state index in [0.29, 0.717) is 24.0 Å². The second kappa shape index (κ2) is 8.65. The van der Waals surface area contributed by atoms with Gasteiger partial charge in [-0.2, -0.15) is 0 Å². The maximum absolute atomic E-state index is 14.0. The highest BCUT2D eigenvalue weighted by atomic mass is 19.2. The maximum atomic E-state index is 14.0. The van der Waals surface area contributed by atoms with Gasteiger partial charge < -0.3 is 0 Å². The number of hydrogen-bond donors (Lipinski definition) is 0. The standard InChI is InChI=1S/C27H18F4/c1-17-2-11-21(24(28)14-17)12-9-19-5-3-18(4-6-19)7-8-20-10-13-23-22(15-20)16-25(29)27(31)26(23)30/h2-6,10-11,13-16H,9,12H2,1H3. The summed E-state index contributed by atoms with van der Waals surface area (Å²) in [6.45, 7) is 1.86. The molecule has 0 atom stereocenters. The summed E-state index contributed by atoms with van der Waals surface area (Å²) >= 11 is 0. The van der Waals surface area contributed by atoms with Gasteiger partial charge in [0.05, 0.1) is 0 Å². The Morgan fingerprint density at radius 2 is 1.35 bits per heavy atom. The molecule has 0 spiro atoms. The fourth-order valence-electron chi connectivity index (χ4n) is 3.42. The van der Waals surface area contributed by atoms with Crippen molar-refractivity contribution in [2.45, 2.75) is 19.8 Å². The lowest BCUT2D eigenvalue weighted by Gasteiger charge is -2.05. The minimum atomic E-state index is -1.48. The van der Waals surface area contributed by atoms with Crippen LogP contribution in [0.15, 0.2) is 66.7 Å². The van der Waals surface area contributed by atoms with Crippen LogP contribution in [-0.2, 0) is 12.8 Å². The van der Waals surface area contributed by atoms with Gasteiger partial charge in [-0.3, -0.25) is 0 Å². The molecule has 0 aliphatic rings. The van der Waals surface area contributed by atoms with E-state index in [4.69, 9.17) is 0 Å². The third kappa shape index (κ3) is 4.62. The first-order valence-electron chi connectivity index (χ1n) is 9.84. The molecule has 31 heavy (non-hydrogen) atoms. The lowest BCUT2D eigenvalue weighted by Crippen LogP contribution is -1.95. The van der Waals surface area contributed by atoms with Gasteiger partial charge in [0, 0.05) is 16.5 Å². The number of rotatable bonds is 3. The zero-order chi connectivity index (χ0) is 22.0. The minimum Gasteiger partial charge on any atom is -0.207 e. The maximum Gasteiger partial charge on any atom is 0.195 e. The molecule has 0 fully saturated rings. The number of aryl methyl sites for hydroxylation is 3. The van der Waals surface area contributed by atoms with Crippen LogP contribution in [0.2, 0.25) is 0 Å². The van der Waals surface area contributed by atoms with Crippen molar-refractivity contribution < 1.29 is 17.6 Å². The summed E-state index contributed by atoms with van der Waals surface area (Å²) in [7, 11) is 0. The van der Waals surface area contributed by atoms with Crippen LogP contribution in [0.5, 0.6) is 0 Å². The monoisotopic (exact) mass is 418 g/mol. The first-order valence-corrected chi connectivity index (χ1v) is 9.84. The van der Waals surface area contributed by atoms with E-state index in [9.17, 15) is 17.6 Å². The van der Waals surface area contributed by atoms with Crippen molar-refractivity contribution in [2.24, 2.45) is 0 Å². The van der Waals surface area contributed by atoms with E-state index in [1.54, 1.807) is 12.1 Å². The Morgan fingerprint density at radius 1 is 0.645 bits per heavy atom. The number of fused-ring (bicyclic) bond motifs is 1. The molecule has 4 aromatic rings. The van der Waals surface area contributed by atoms with Crippen molar-refractivity contribution in [2.75, 3.05) is 0 Å². The Balaban J connectivity index is 1.48. The quantitative estimate of drug-likeness (QED) is 0.193. The second-order valence-corrected chi connectivity index (χ2v) is 7.46. The van der Waals surface area contributed by atoms with Crippen molar-refractivity contribution in [3.05, 3.63) is 118 Å². The molecule has 0 amide bonds. The molecule has 154 valence electrons. The average Bonchev–Trinajstić information content (AvgIpc) is 2.76. The van der Waals surface area contributed by atoms with Crippen LogP contribution >= 0.6 is 0 Å². The van der Waals surface area contributed by atoms with Gasteiger partial charge in [0.1, 0.15) is 5.82 Å². The Kier molecular flexibility index (Phi) is 5.77. The Hall–Kier alpha value is -3.58. The third-order valence-electron chi connectivity index (χ3n) is 5.17. The molecule has 0 heterocycles. The van der Waals surface area contributed by atoms with E-state index in [1.807, 2.05) is 43.3 Å². The first-order chi connectivity index (χ1) is 14.9. The van der Waals surface area contributed by atoms with Crippen LogP contribution in [0.25, 0.3) is 10.8 Å². The summed E-state index contributed by atoms with van der Waals surface area (Å²) in [6, 6.07) is 18.4. The van der Waals surface area contributed by atoms with Crippen LogP contribution in [0.4, 0.5) is 17.6 Å². The van der Waals surface area contributed by atoms with Gasteiger partial charge in [-0.05, 0) is 78.2 Å². The second-order valence-electron chi connectivity index (χ2n) is 7.46. The van der Waals surface area contributed by atoms with Gasteiger partial charge in [0.15, 0.2) is 17.5 Å². The molecule has 0 nitrogen and oxygen atoms in total. The number of hydrogen-bond acceptors (Lipinski definition) is 0. The summed E-state index contributed by atoms with van der Waals surface area (Å²) in [6.07, 6.45) is 1.33. The molecule has 4 heteroatoms. The van der Waals surface area contributed by atoms with E-state index in [2.05, 4.69) is 11.8 Å². The molecule has 0 radical (unpaired) electrons. The van der Waals surface area contributed by atoms with Crippen LogP contribution in [0.3, 0.4) is 0 Å². The van der Waals surface area contributed by atoms with Crippen LogP contribution < -0.4 is 0 Å². The highest BCUT2D eigenvalue weighted by Gasteiger charge is 2.13. The highest BCUT2D eigenvalue weighted by molar-refractivity contribution is 5.84. The highest BCUT2D eigenvalue weighted by Crippen LogP contribution is 2.24. The van der Waals surface area contributed by atoms with Gasteiger partial charge in [-0.1, -0.05) is 42.2 Å². The van der Waals surface area contributed by atoms with E-state index in [1.165, 1.54) is 12.1 Å². The molecule has 0 aromatic heterocycles. The summed E-state index contributed by atoms with van der Waals surface area (Å²) in [5, 5.41) is 0.265. The third-order valence-corrected chi connectivity index (χ3v) is 5.17. The van der Waals surface area contributed by atoms with Gasteiger partial charge in [0.2, 0.25) is 0 Å². The predicted octanol–water partition coefficient (Wildman–Crippen LogP) is 6.89. The van der Waals surface area contributed by atoms with Gasteiger partial charge >= 0.3 is 0 Å². The Morgan fingerprint density at radius 3 is 2.10 bits per heavy atom. The average molecular weight is 418 g/mol. The summed E-state index contributed by atoms with van der Waals surface area (Å²) in [5.41, 5.74) is 4.01. The van der Waals surface area contributed by atoms with Gasteiger partial charge in [0.25, 0.3) is 0 Å². The van der Waals surface area contributed by atoms with E-state index in [0.717, 1.165) is 22.8 Å². The zero-order valence-corrected chi connectivity index (χ0v) is 16.8. The minimum absolute atomic E-state index is 0.0128. The molecule has 0 bridgehead atoms. The van der Waals surface area contributed by atoms with Crippen LogP contribution in [0.1, 0.15) is 27.8 Å². The topological polar surface area (TPSA) is 0 Å². The summed E-state index contributed by atoms with van der Waals surface area (Å²) in [4.78, 5) is 0. The summed E-state index contributed by atoms with van der Waals surface area (Å²) < 4.78 is 54.6. The molecule has 4 rings (SSSR count). The molecule has 0 N–H and O–H groups in total. The van der Waals surface area contributed by atoms with Crippen molar-refractivity contribution in [3.8, 4) is 11.8 Å². The van der Waals surface area contributed by atoms with E-state index < -0.39 is 17.5 Å². The van der Waals surface area contributed by atoms with Crippen molar-refractivity contribution >= 4 is 10.8 Å². The smallest absolute Gasteiger partial charge is 0.195 e.